The summed E-state index contributed by atoms with van der Waals surface area (Å²) >= 11 is 1.68. The lowest BCUT2D eigenvalue weighted by molar-refractivity contribution is -0.122. The molecule has 0 saturated carbocycles. The number of amides is 1. The van der Waals surface area contributed by atoms with Gasteiger partial charge in [0.1, 0.15) is 5.52 Å². The molecule has 0 aliphatic heterocycles. The summed E-state index contributed by atoms with van der Waals surface area (Å²) in [4.78, 5) is 25.8. The van der Waals surface area contributed by atoms with Gasteiger partial charge in [-0.15, -0.1) is 16.9 Å². The second-order valence-electron chi connectivity index (χ2n) is 5.95. The van der Waals surface area contributed by atoms with Crippen LogP contribution >= 0.6 is 11.8 Å². The number of aromatic nitrogens is 3. The number of hydrogen-bond donors (Lipinski definition) is 1. The number of carbonyl (C=O) groups is 1. The smallest absolute Gasteiger partial charge is 0.277 e. The van der Waals surface area contributed by atoms with Crippen LogP contribution in [0.25, 0.3) is 10.9 Å². The van der Waals surface area contributed by atoms with Gasteiger partial charge in [0.05, 0.1) is 18.0 Å². The largest absolute Gasteiger partial charge is 0.350 e. The molecule has 1 heterocycles. The third-order valence-corrected chi connectivity index (χ3v) is 4.92. The summed E-state index contributed by atoms with van der Waals surface area (Å²) in [6.07, 6.45) is 2.19. The second-order valence-corrected chi connectivity index (χ2v) is 6.83. The van der Waals surface area contributed by atoms with Gasteiger partial charge in [-0.1, -0.05) is 29.5 Å². The van der Waals surface area contributed by atoms with Crippen molar-refractivity contribution in [3.63, 3.8) is 0 Å². The molecule has 2 aromatic carbocycles. The van der Waals surface area contributed by atoms with Crippen LogP contribution in [0.2, 0.25) is 0 Å². The van der Waals surface area contributed by atoms with Crippen LogP contribution in [0.5, 0.6) is 0 Å². The molecule has 0 spiro atoms. The van der Waals surface area contributed by atoms with E-state index in [9.17, 15) is 9.59 Å². The Balaban J connectivity index is 1.61. The van der Waals surface area contributed by atoms with E-state index in [0.717, 1.165) is 5.56 Å². The lowest BCUT2D eigenvalue weighted by Crippen LogP contribution is -2.30. The molecule has 0 radical (unpaired) electrons. The van der Waals surface area contributed by atoms with Gasteiger partial charge in [0.25, 0.3) is 5.56 Å². The summed E-state index contributed by atoms with van der Waals surface area (Å²) < 4.78 is 1.24. The first-order chi connectivity index (χ1) is 12.6. The third kappa shape index (κ3) is 4.11. The van der Waals surface area contributed by atoms with Crippen molar-refractivity contribution < 1.29 is 4.79 Å². The molecule has 1 atom stereocenters. The Morgan fingerprint density at radius 1 is 1.19 bits per heavy atom. The maximum absolute atomic E-state index is 12.4. The van der Waals surface area contributed by atoms with E-state index < -0.39 is 0 Å². The Morgan fingerprint density at radius 2 is 1.92 bits per heavy atom. The van der Waals surface area contributed by atoms with Gasteiger partial charge in [-0.2, -0.15) is 0 Å². The average molecular weight is 368 g/mol. The number of benzene rings is 2. The molecule has 7 heteroatoms. The minimum Gasteiger partial charge on any atom is -0.350 e. The van der Waals surface area contributed by atoms with E-state index in [4.69, 9.17) is 0 Å². The van der Waals surface area contributed by atoms with Gasteiger partial charge < -0.3 is 5.32 Å². The Bertz CT molecular complexity index is 969. The predicted molar refractivity (Wildman–Crippen MR) is 103 cm³/mol. The highest BCUT2D eigenvalue weighted by Gasteiger charge is 2.11. The number of thioether (sulfide) groups is 1. The molecule has 0 bridgehead atoms. The normalized spacial score (nSPS) is 12.1. The van der Waals surface area contributed by atoms with Gasteiger partial charge in [0.2, 0.25) is 5.91 Å². The number of carbonyl (C=O) groups excluding carboxylic acids is 1. The van der Waals surface area contributed by atoms with E-state index in [1.165, 1.54) is 9.58 Å². The van der Waals surface area contributed by atoms with E-state index in [1.54, 1.807) is 36.0 Å². The molecule has 3 aromatic rings. The monoisotopic (exact) mass is 368 g/mol. The quantitative estimate of drug-likeness (QED) is 0.677. The molecule has 134 valence electrons. The van der Waals surface area contributed by atoms with Gasteiger partial charge in [0, 0.05) is 11.3 Å². The van der Waals surface area contributed by atoms with Crippen LogP contribution in [-0.4, -0.2) is 27.2 Å². The fourth-order valence-corrected chi connectivity index (χ4v) is 3.08. The maximum Gasteiger partial charge on any atom is 0.277 e. The third-order valence-electron chi connectivity index (χ3n) is 4.17. The number of nitrogens with one attached hydrogen (secondary N) is 1. The highest BCUT2D eigenvalue weighted by molar-refractivity contribution is 7.98. The van der Waals surface area contributed by atoms with E-state index in [2.05, 4.69) is 15.6 Å². The Morgan fingerprint density at radius 3 is 2.65 bits per heavy atom. The van der Waals surface area contributed by atoms with Crippen LogP contribution in [0.4, 0.5) is 0 Å². The molecule has 6 nitrogen and oxygen atoms in total. The molecular weight excluding hydrogens is 348 g/mol. The van der Waals surface area contributed by atoms with E-state index in [0.29, 0.717) is 10.9 Å². The molecule has 3 rings (SSSR count). The standard InChI is InChI=1S/C19H20N4O2S/c1-13(14-7-9-15(26-2)10-8-14)20-18(24)11-12-23-19(25)16-5-3-4-6-17(16)21-22-23/h3-10,13H,11-12H2,1-2H3,(H,20,24). The van der Waals surface area contributed by atoms with Crippen molar-refractivity contribution in [1.82, 2.24) is 20.3 Å². The Hall–Kier alpha value is -2.67. The molecule has 0 aliphatic carbocycles. The zero-order valence-corrected chi connectivity index (χ0v) is 15.5. The molecule has 0 aliphatic rings. The number of fused-ring (bicyclic) bond motifs is 1. The molecule has 1 N–H and O–H groups in total. The van der Waals surface area contributed by atoms with Gasteiger partial charge in [-0.3, -0.25) is 9.59 Å². The number of aryl methyl sites for hydroxylation is 1. The molecular formula is C19H20N4O2S. The van der Waals surface area contributed by atoms with E-state index >= 15 is 0 Å². The molecule has 1 unspecified atom stereocenters. The van der Waals surface area contributed by atoms with Gasteiger partial charge in [-0.25, -0.2) is 4.68 Å². The molecule has 1 aromatic heterocycles. The van der Waals surface area contributed by atoms with Crippen LogP contribution in [0.15, 0.2) is 58.2 Å². The minimum absolute atomic E-state index is 0.0992. The van der Waals surface area contributed by atoms with Crippen molar-refractivity contribution in [1.29, 1.82) is 0 Å². The maximum atomic E-state index is 12.4. The van der Waals surface area contributed by atoms with Crippen molar-refractivity contribution in [3.05, 3.63) is 64.4 Å². The predicted octanol–water partition coefficient (Wildman–Crippen LogP) is 2.78. The number of rotatable bonds is 6. The number of hydrogen-bond acceptors (Lipinski definition) is 5. The summed E-state index contributed by atoms with van der Waals surface area (Å²) in [6, 6.07) is 15.0. The first kappa shape index (κ1) is 18.1. The lowest BCUT2D eigenvalue weighted by atomic mass is 10.1. The highest BCUT2D eigenvalue weighted by Crippen LogP contribution is 2.18. The lowest BCUT2D eigenvalue weighted by Gasteiger charge is -2.15. The topological polar surface area (TPSA) is 76.9 Å². The summed E-state index contributed by atoms with van der Waals surface area (Å²) in [6.45, 7) is 2.13. The summed E-state index contributed by atoms with van der Waals surface area (Å²) in [5.74, 6) is -0.131. The molecule has 1 amide bonds. The van der Waals surface area contributed by atoms with Crippen molar-refractivity contribution in [3.8, 4) is 0 Å². The van der Waals surface area contributed by atoms with Crippen molar-refractivity contribution in [2.45, 2.75) is 30.8 Å². The van der Waals surface area contributed by atoms with Crippen molar-refractivity contribution >= 4 is 28.6 Å². The highest BCUT2D eigenvalue weighted by atomic mass is 32.2. The van der Waals surface area contributed by atoms with E-state index in [1.807, 2.05) is 37.4 Å². The van der Waals surface area contributed by atoms with Gasteiger partial charge in [0.15, 0.2) is 0 Å². The number of nitrogens with zero attached hydrogens (tertiary/aromatic N) is 3. The summed E-state index contributed by atoms with van der Waals surface area (Å²) in [7, 11) is 0. The average Bonchev–Trinajstić information content (AvgIpc) is 2.67. The molecule has 0 fully saturated rings. The van der Waals surface area contributed by atoms with Crippen LogP contribution < -0.4 is 10.9 Å². The SMILES string of the molecule is CSc1ccc(C(C)NC(=O)CCn2nnc3ccccc3c2=O)cc1. The van der Waals surface area contributed by atoms with Gasteiger partial charge in [-0.05, 0) is 43.0 Å². The van der Waals surface area contributed by atoms with Crippen molar-refractivity contribution in [2.24, 2.45) is 0 Å². The Kier molecular flexibility index (Phi) is 5.68. The zero-order chi connectivity index (χ0) is 18.5. The fraction of sp³-hybridized carbons (Fsp3) is 0.263. The van der Waals surface area contributed by atoms with Crippen molar-refractivity contribution in [2.75, 3.05) is 6.26 Å². The summed E-state index contributed by atoms with van der Waals surface area (Å²) in [5, 5.41) is 11.4. The Labute approximate surface area is 155 Å². The first-order valence-corrected chi connectivity index (χ1v) is 9.57. The summed E-state index contributed by atoms with van der Waals surface area (Å²) in [5.41, 5.74) is 1.36. The van der Waals surface area contributed by atoms with Gasteiger partial charge >= 0.3 is 0 Å². The van der Waals surface area contributed by atoms with Crippen LogP contribution in [0, 0.1) is 0 Å². The molecule has 26 heavy (non-hydrogen) atoms. The fourth-order valence-electron chi connectivity index (χ4n) is 2.67. The van der Waals surface area contributed by atoms with Crippen LogP contribution in [0.1, 0.15) is 24.9 Å². The first-order valence-electron chi connectivity index (χ1n) is 8.34. The van der Waals surface area contributed by atoms with Crippen LogP contribution in [-0.2, 0) is 11.3 Å². The second kappa shape index (κ2) is 8.14. The van der Waals surface area contributed by atoms with E-state index in [-0.39, 0.29) is 30.5 Å². The van der Waals surface area contributed by atoms with Crippen LogP contribution in [0.3, 0.4) is 0 Å². The molecule has 0 saturated heterocycles. The zero-order valence-electron chi connectivity index (χ0n) is 14.7. The minimum atomic E-state index is -0.232.